The Morgan fingerprint density at radius 2 is 2.06 bits per heavy atom. The van der Waals surface area contributed by atoms with Crippen molar-refractivity contribution in [2.75, 3.05) is 25.2 Å². The van der Waals surface area contributed by atoms with Crippen molar-refractivity contribution in [3.8, 4) is 5.75 Å². The zero-order valence-electron chi connectivity index (χ0n) is 9.97. The second-order valence-electron chi connectivity index (χ2n) is 3.70. The third-order valence-corrected chi connectivity index (χ3v) is 2.60. The van der Waals surface area contributed by atoms with Crippen molar-refractivity contribution in [1.82, 2.24) is 9.78 Å². The number of hydrogen-bond donors (Lipinski definition) is 2. The van der Waals surface area contributed by atoms with Gasteiger partial charge in [0, 0.05) is 7.05 Å². The summed E-state index contributed by atoms with van der Waals surface area (Å²) in [4.78, 5) is 0. The summed E-state index contributed by atoms with van der Waals surface area (Å²) in [6.07, 6.45) is 1.65. The lowest BCUT2D eigenvalue weighted by Gasteiger charge is -2.08. The van der Waals surface area contributed by atoms with Crippen LogP contribution >= 0.6 is 0 Å². The molecule has 2 aromatic rings. The van der Waals surface area contributed by atoms with Crippen LogP contribution in [0.5, 0.6) is 5.75 Å². The minimum atomic E-state index is 0.654. The number of methoxy groups -OCH3 is 1. The lowest BCUT2D eigenvalue weighted by molar-refractivity contribution is 0.414. The van der Waals surface area contributed by atoms with E-state index in [0.717, 1.165) is 17.1 Å². The van der Waals surface area contributed by atoms with Crippen molar-refractivity contribution in [3.05, 3.63) is 36.0 Å². The number of nitrogens with one attached hydrogen (secondary N) is 1. The lowest BCUT2D eigenvalue weighted by atomic mass is 10.2. The molecule has 0 radical (unpaired) electrons. The number of nitrogen functional groups attached to an aromatic ring is 1. The van der Waals surface area contributed by atoms with E-state index in [9.17, 15) is 0 Å². The van der Waals surface area contributed by atoms with Gasteiger partial charge in [0.25, 0.3) is 0 Å². The van der Waals surface area contributed by atoms with Crippen LogP contribution in [-0.2, 0) is 6.54 Å². The van der Waals surface area contributed by atoms with Crippen molar-refractivity contribution in [3.63, 3.8) is 0 Å². The molecule has 1 aromatic carbocycles. The van der Waals surface area contributed by atoms with Crippen LogP contribution in [0.2, 0.25) is 0 Å². The van der Waals surface area contributed by atoms with E-state index in [1.54, 1.807) is 13.3 Å². The topological polar surface area (TPSA) is 65.1 Å². The Balaban J connectivity index is 2.19. The SMILES string of the molecule is CNc1c(N)cnn1Cc1ccc(OC)cc1. The van der Waals surface area contributed by atoms with Crippen LogP contribution in [0, 0.1) is 0 Å². The molecule has 2 rings (SSSR count). The quantitative estimate of drug-likeness (QED) is 0.839. The molecule has 0 saturated carbocycles. The molecule has 0 bridgehead atoms. The van der Waals surface area contributed by atoms with Crippen molar-refractivity contribution < 1.29 is 4.74 Å². The Kier molecular flexibility index (Phi) is 3.18. The predicted molar refractivity (Wildman–Crippen MR) is 68.3 cm³/mol. The highest BCUT2D eigenvalue weighted by Gasteiger charge is 2.06. The molecular formula is C12H16N4O. The van der Waals surface area contributed by atoms with Crippen LogP contribution < -0.4 is 15.8 Å². The number of ether oxygens (including phenoxy) is 1. The first-order valence-corrected chi connectivity index (χ1v) is 5.36. The maximum Gasteiger partial charge on any atom is 0.147 e. The van der Waals surface area contributed by atoms with E-state index < -0.39 is 0 Å². The molecule has 0 amide bonds. The fourth-order valence-corrected chi connectivity index (χ4v) is 1.70. The van der Waals surface area contributed by atoms with E-state index in [4.69, 9.17) is 10.5 Å². The number of nitrogens with two attached hydrogens (primary N) is 1. The van der Waals surface area contributed by atoms with Gasteiger partial charge in [0.2, 0.25) is 0 Å². The molecular weight excluding hydrogens is 216 g/mol. The maximum absolute atomic E-state index is 5.79. The molecule has 0 saturated heterocycles. The number of anilines is 2. The number of benzene rings is 1. The summed E-state index contributed by atoms with van der Waals surface area (Å²) < 4.78 is 6.94. The molecule has 0 spiro atoms. The Morgan fingerprint density at radius 3 is 2.65 bits per heavy atom. The van der Waals surface area contributed by atoms with Gasteiger partial charge in [-0.15, -0.1) is 0 Å². The van der Waals surface area contributed by atoms with Gasteiger partial charge >= 0.3 is 0 Å². The fraction of sp³-hybridized carbons (Fsp3) is 0.250. The van der Waals surface area contributed by atoms with Gasteiger partial charge in [0.1, 0.15) is 11.6 Å². The number of hydrogen-bond acceptors (Lipinski definition) is 4. The summed E-state index contributed by atoms with van der Waals surface area (Å²) in [5, 5.41) is 7.26. The molecule has 0 aliphatic rings. The molecule has 1 aromatic heterocycles. The Hall–Kier alpha value is -2.17. The monoisotopic (exact) mass is 232 g/mol. The van der Waals surface area contributed by atoms with Gasteiger partial charge in [-0.3, -0.25) is 0 Å². The zero-order valence-corrected chi connectivity index (χ0v) is 9.97. The van der Waals surface area contributed by atoms with Crippen molar-refractivity contribution >= 4 is 11.5 Å². The van der Waals surface area contributed by atoms with Gasteiger partial charge in [0.15, 0.2) is 0 Å². The molecule has 0 unspecified atom stereocenters. The van der Waals surface area contributed by atoms with E-state index in [-0.39, 0.29) is 0 Å². The Labute approximate surface area is 100 Å². The number of rotatable bonds is 4. The maximum atomic E-state index is 5.79. The van der Waals surface area contributed by atoms with E-state index in [1.165, 1.54) is 0 Å². The highest BCUT2D eigenvalue weighted by Crippen LogP contribution is 2.19. The van der Waals surface area contributed by atoms with Crippen LogP contribution in [0.15, 0.2) is 30.5 Å². The van der Waals surface area contributed by atoms with Crippen molar-refractivity contribution in [1.29, 1.82) is 0 Å². The van der Waals surface area contributed by atoms with E-state index >= 15 is 0 Å². The zero-order chi connectivity index (χ0) is 12.3. The first kappa shape index (κ1) is 11.3. The average Bonchev–Trinajstić information content (AvgIpc) is 2.71. The van der Waals surface area contributed by atoms with Crippen molar-refractivity contribution in [2.45, 2.75) is 6.54 Å². The second kappa shape index (κ2) is 4.78. The average molecular weight is 232 g/mol. The first-order chi connectivity index (χ1) is 8.24. The van der Waals surface area contributed by atoms with Gasteiger partial charge < -0.3 is 15.8 Å². The molecule has 1 heterocycles. The lowest BCUT2D eigenvalue weighted by Crippen LogP contribution is -2.06. The van der Waals surface area contributed by atoms with Crippen LogP contribution in [-0.4, -0.2) is 23.9 Å². The van der Waals surface area contributed by atoms with Gasteiger partial charge in [0.05, 0.1) is 25.5 Å². The minimum absolute atomic E-state index is 0.654. The van der Waals surface area contributed by atoms with Gasteiger partial charge in [-0.05, 0) is 17.7 Å². The van der Waals surface area contributed by atoms with Crippen LogP contribution in [0.1, 0.15) is 5.56 Å². The third kappa shape index (κ3) is 2.33. The molecule has 0 aliphatic heterocycles. The Bertz CT molecular complexity index is 490. The molecule has 0 aliphatic carbocycles. The normalized spacial score (nSPS) is 10.2. The summed E-state index contributed by atoms with van der Waals surface area (Å²) in [5.41, 5.74) is 7.58. The van der Waals surface area contributed by atoms with Crippen molar-refractivity contribution in [2.24, 2.45) is 0 Å². The molecule has 5 heteroatoms. The summed E-state index contributed by atoms with van der Waals surface area (Å²) in [5.74, 6) is 1.68. The van der Waals surface area contributed by atoms with Crippen LogP contribution in [0.4, 0.5) is 11.5 Å². The standard InChI is InChI=1S/C12H16N4O/c1-14-12-11(13)7-15-16(12)8-9-3-5-10(17-2)6-4-9/h3-7,14H,8,13H2,1-2H3. The highest BCUT2D eigenvalue weighted by atomic mass is 16.5. The predicted octanol–water partition coefficient (Wildman–Crippen LogP) is 1.56. The third-order valence-electron chi connectivity index (χ3n) is 2.60. The number of nitrogens with zero attached hydrogens (tertiary/aromatic N) is 2. The van der Waals surface area contributed by atoms with E-state index in [1.807, 2.05) is 36.0 Å². The summed E-state index contributed by atoms with van der Waals surface area (Å²) in [6, 6.07) is 7.88. The van der Waals surface area contributed by atoms with Crippen LogP contribution in [0.25, 0.3) is 0 Å². The summed E-state index contributed by atoms with van der Waals surface area (Å²) >= 11 is 0. The first-order valence-electron chi connectivity index (χ1n) is 5.36. The van der Waals surface area contributed by atoms with Gasteiger partial charge in [-0.25, -0.2) is 4.68 Å². The van der Waals surface area contributed by atoms with Gasteiger partial charge in [-0.1, -0.05) is 12.1 Å². The smallest absolute Gasteiger partial charge is 0.147 e. The fourth-order valence-electron chi connectivity index (χ4n) is 1.70. The largest absolute Gasteiger partial charge is 0.497 e. The molecule has 0 atom stereocenters. The molecule has 90 valence electrons. The van der Waals surface area contributed by atoms with Gasteiger partial charge in [-0.2, -0.15) is 5.10 Å². The molecule has 0 fully saturated rings. The molecule has 3 N–H and O–H groups in total. The van der Waals surface area contributed by atoms with Crippen LogP contribution in [0.3, 0.4) is 0 Å². The second-order valence-corrected chi connectivity index (χ2v) is 3.70. The summed E-state index contributed by atoms with van der Waals surface area (Å²) in [6.45, 7) is 0.678. The number of aromatic nitrogens is 2. The molecule has 5 nitrogen and oxygen atoms in total. The summed E-state index contributed by atoms with van der Waals surface area (Å²) in [7, 11) is 3.49. The van der Waals surface area contributed by atoms with E-state index in [2.05, 4.69) is 10.4 Å². The molecule has 17 heavy (non-hydrogen) atoms. The highest BCUT2D eigenvalue weighted by molar-refractivity contribution is 5.60. The van der Waals surface area contributed by atoms with E-state index in [0.29, 0.717) is 12.2 Å². The Morgan fingerprint density at radius 1 is 1.35 bits per heavy atom. The minimum Gasteiger partial charge on any atom is -0.497 e.